The van der Waals surface area contributed by atoms with Crippen molar-refractivity contribution < 1.29 is 14.5 Å². The molecule has 7 heteroatoms. The van der Waals surface area contributed by atoms with Crippen LogP contribution >= 0.6 is 22.9 Å². The highest BCUT2D eigenvalue weighted by molar-refractivity contribution is 7.12. The van der Waals surface area contributed by atoms with Crippen LogP contribution in [0.15, 0.2) is 29.6 Å². The second kappa shape index (κ2) is 5.16. The molecule has 0 aliphatic heterocycles. The van der Waals surface area contributed by atoms with Gasteiger partial charge < -0.3 is 4.74 Å². The summed E-state index contributed by atoms with van der Waals surface area (Å²) in [6.07, 6.45) is 0.641. The predicted molar refractivity (Wildman–Crippen MR) is 67.9 cm³/mol. The Morgan fingerprint density at radius 2 is 2.11 bits per heavy atom. The monoisotopic (exact) mass is 283 g/mol. The number of hydrogen-bond acceptors (Lipinski definition) is 5. The molecule has 0 atom stereocenters. The van der Waals surface area contributed by atoms with E-state index in [4.69, 9.17) is 16.3 Å². The van der Waals surface area contributed by atoms with Crippen molar-refractivity contribution in [2.24, 2.45) is 0 Å². The molecule has 2 aromatic rings. The minimum absolute atomic E-state index is 0.0471. The van der Waals surface area contributed by atoms with Crippen LogP contribution in [-0.4, -0.2) is 11.2 Å². The van der Waals surface area contributed by atoms with Gasteiger partial charge in [-0.15, -0.1) is 11.3 Å². The van der Waals surface area contributed by atoms with E-state index < -0.39 is 4.92 Å². The molecule has 92 valence electrons. The van der Waals surface area contributed by atoms with Crippen LogP contribution in [0.25, 0.3) is 0 Å². The van der Waals surface area contributed by atoms with Crippen LogP contribution in [0, 0.1) is 10.1 Å². The van der Waals surface area contributed by atoms with E-state index in [0.29, 0.717) is 16.9 Å². The first-order chi connectivity index (χ1) is 8.61. The molecule has 5 nitrogen and oxygen atoms in total. The second-order valence-electron chi connectivity index (χ2n) is 3.24. The standard InChI is InChI=1S/C11H6ClNO4S/c12-7-1-2-9(8(5-7)13(15)16)17-10-3-4-18-11(10)6-14/h1-6H. The van der Waals surface area contributed by atoms with Crippen molar-refractivity contribution in [1.29, 1.82) is 0 Å². The number of nitro groups is 1. The third-order valence-corrected chi connectivity index (χ3v) is 3.16. The molecule has 0 spiro atoms. The van der Waals surface area contributed by atoms with Gasteiger partial charge in [-0.05, 0) is 23.6 Å². The van der Waals surface area contributed by atoms with Gasteiger partial charge >= 0.3 is 5.69 Å². The fourth-order valence-corrected chi connectivity index (χ4v) is 2.10. The third-order valence-electron chi connectivity index (χ3n) is 2.10. The van der Waals surface area contributed by atoms with Crippen LogP contribution in [0.2, 0.25) is 5.02 Å². The first-order valence-corrected chi connectivity index (χ1v) is 6.02. The van der Waals surface area contributed by atoms with Gasteiger partial charge in [0.25, 0.3) is 0 Å². The van der Waals surface area contributed by atoms with E-state index in [9.17, 15) is 14.9 Å². The zero-order valence-electron chi connectivity index (χ0n) is 8.83. The van der Waals surface area contributed by atoms with Crippen LogP contribution in [0.5, 0.6) is 11.5 Å². The van der Waals surface area contributed by atoms with Crippen LogP contribution in [0.1, 0.15) is 9.67 Å². The van der Waals surface area contributed by atoms with Crippen molar-refractivity contribution in [3.8, 4) is 11.5 Å². The van der Waals surface area contributed by atoms with Gasteiger partial charge in [0.1, 0.15) is 10.6 Å². The van der Waals surface area contributed by atoms with Crippen LogP contribution in [0.4, 0.5) is 5.69 Å². The lowest BCUT2D eigenvalue weighted by Gasteiger charge is -2.05. The normalized spacial score (nSPS) is 10.1. The van der Waals surface area contributed by atoms with Gasteiger partial charge in [0.15, 0.2) is 6.29 Å². The molecular weight excluding hydrogens is 278 g/mol. The molecule has 1 heterocycles. The molecule has 1 aromatic heterocycles. The van der Waals surface area contributed by atoms with Gasteiger partial charge in [0, 0.05) is 11.1 Å². The Morgan fingerprint density at radius 1 is 1.33 bits per heavy atom. The van der Waals surface area contributed by atoms with Crippen molar-refractivity contribution in [2.45, 2.75) is 0 Å². The maximum absolute atomic E-state index is 10.9. The molecular formula is C11H6ClNO4S. The molecule has 0 saturated heterocycles. The average molecular weight is 284 g/mol. The van der Waals surface area contributed by atoms with Crippen LogP contribution in [-0.2, 0) is 0 Å². The summed E-state index contributed by atoms with van der Waals surface area (Å²) in [4.78, 5) is 21.4. The Morgan fingerprint density at radius 3 is 2.78 bits per heavy atom. The van der Waals surface area contributed by atoms with Gasteiger partial charge in [-0.1, -0.05) is 11.6 Å². The summed E-state index contributed by atoms with van der Waals surface area (Å²) in [7, 11) is 0. The summed E-state index contributed by atoms with van der Waals surface area (Å²) < 4.78 is 5.37. The van der Waals surface area contributed by atoms with Crippen molar-refractivity contribution >= 4 is 34.9 Å². The molecule has 2 rings (SSSR count). The fraction of sp³-hybridized carbons (Fsp3) is 0. The van der Waals surface area contributed by atoms with Crippen molar-refractivity contribution in [3.05, 3.63) is 49.7 Å². The van der Waals surface area contributed by atoms with Crippen molar-refractivity contribution in [1.82, 2.24) is 0 Å². The SMILES string of the molecule is O=Cc1sccc1Oc1ccc(Cl)cc1[N+](=O)[O-]. The van der Waals surface area contributed by atoms with Crippen LogP contribution < -0.4 is 4.74 Å². The lowest BCUT2D eigenvalue weighted by Crippen LogP contribution is -1.93. The summed E-state index contributed by atoms with van der Waals surface area (Å²) in [6, 6.07) is 5.65. The molecule has 0 radical (unpaired) electrons. The smallest absolute Gasteiger partial charge is 0.313 e. The Kier molecular flexibility index (Phi) is 3.59. The van der Waals surface area contributed by atoms with Crippen molar-refractivity contribution in [3.63, 3.8) is 0 Å². The number of carbonyl (C=O) groups excluding carboxylic acids is 1. The molecule has 0 fully saturated rings. The number of hydrogen-bond donors (Lipinski definition) is 0. The van der Waals surface area contributed by atoms with E-state index in [1.54, 1.807) is 11.4 Å². The van der Waals surface area contributed by atoms with Gasteiger partial charge in [-0.25, -0.2) is 0 Å². The van der Waals surface area contributed by atoms with E-state index >= 15 is 0 Å². The molecule has 1 aromatic carbocycles. The first-order valence-electron chi connectivity index (χ1n) is 4.76. The second-order valence-corrected chi connectivity index (χ2v) is 4.62. The zero-order chi connectivity index (χ0) is 13.1. The number of halogens is 1. The summed E-state index contributed by atoms with van der Waals surface area (Å²) >= 11 is 6.88. The number of thiophene rings is 1. The molecule has 0 saturated carbocycles. The minimum atomic E-state index is -0.589. The first kappa shape index (κ1) is 12.5. The zero-order valence-corrected chi connectivity index (χ0v) is 10.4. The average Bonchev–Trinajstić information content (AvgIpc) is 2.78. The van der Waals surface area contributed by atoms with Crippen molar-refractivity contribution in [2.75, 3.05) is 0 Å². The Balaban J connectivity index is 2.40. The number of nitro benzene ring substituents is 1. The summed E-state index contributed by atoms with van der Waals surface area (Å²) in [5.74, 6) is 0.339. The molecule has 0 amide bonds. The maximum Gasteiger partial charge on any atom is 0.313 e. The highest BCUT2D eigenvalue weighted by Crippen LogP contribution is 2.35. The van der Waals surface area contributed by atoms with E-state index in [1.807, 2.05) is 0 Å². The number of carbonyl (C=O) groups is 1. The lowest BCUT2D eigenvalue weighted by molar-refractivity contribution is -0.385. The molecule has 0 bridgehead atoms. The summed E-state index contributed by atoms with van der Waals surface area (Å²) in [6.45, 7) is 0. The number of benzene rings is 1. The largest absolute Gasteiger partial charge is 0.448 e. The van der Waals surface area contributed by atoms with Gasteiger partial charge in [-0.3, -0.25) is 14.9 Å². The number of ether oxygens (including phenoxy) is 1. The molecule has 18 heavy (non-hydrogen) atoms. The Labute approximate surface area is 111 Å². The molecule has 0 N–H and O–H groups in total. The van der Waals surface area contributed by atoms with Gasteiger partial charge in [-0.2, -0.15) is 0 Å². The van der Waals surface area contributed by atoms with E-state index in [1.165, 1.54) is 29.5 Å². The highest BCUT2D eigenvalue weighted by atomic mass is 35.5. The highest BCUT2D eigenvalue weighted by Gasteiger charge is 2.17. The Bertz CT molecular complexity index is 611. The Hall–Kier alpha value is -1.92. The quantitative estimate of drug-likeness (QED) is 0.484. The summed E-state index contributed by atoms with van der Waals surface area (Å²) in [5.41, 5.74) is -0.245. The minimum Gasteiger partial charge on any atom is -0.448 e. The number of aldehydes is 1. The van der Waals surface area contributed by atoms with Crippen LogP contribution in [0.3, 0.4) is 0 Å². The topological polar surface area (TPSA) is 69.4 Å². The lowest BCUT2D eigenvalue weighted by atomic mass is 10.3. The van der Waals surface area contributed by atoms with E-state index in [2.05, 4.69) is 0 Å². The van der Waals surface area contributed by atoms with Gasteiger partial charge in [0.05, 0.1) is 4.92 Å². The van der Waals surface area contributed by atoms with Gasteiger partial charge in [0.2, 0.25) is 5.75 Å². The van der Waals surface area contributed by atoms with E-state index in [0.717, 1.165) is 0 Å². The molecule has 0 unspecified atom stereocenters. The third kappa shape index (κ3) is 2.49. The fourth-order valence-electron chi connectivity index (χ4n) is 1.32. The summed E-state index contributed by atoms with van der Waals surface area (Å²) in [5, 5.41) is 12.8. The van der Waals surface area contributed by atoms with E-state index in [-0.39, 0.29) is 16.5 Å². The molecule has 0 aliphatic rings. The number of rotatable bonds is 4. The molecule has 0 aliphatic carbocycles. The predicted octanol–water partition coefficient (Wildman–Crippen LogP) is 3.91. The maximum atomic E-state index is 10.9. The number of nitrogens with zero attached hydrogens (tertiary/aromatic N) is 1.